The molecule has 1 aromatic carbocycles. The number of hydrogen-bond acceptors (Lipinski definition) is 6. The Morgan fingerprint density at radius 3 is 2.73 bits per heavy atom. The molecule has 0 saturated carbocycles. The van der Waals surface area contributed by atoms with Crippen LogP contribution < -0.4 is 10.6 Å². The average molecular weight is 457 g/mol. The van der Waals surface area contributed by atoms with Crippen LogP contribution in [0.3, 0.4) is 0 Å². The van der Waals surface area contributed by atoms with E-state index in [-0.39, 0.29) is 17.5 Å². The predicted molar refractivity (Wildman–Crippen MR) is 126 cm³/mol. The Hall–Kier alpha value is -3.89. The largest absolute Gasteiger partial charge is 0.384 e. The van der Waals surface area contributed by atoms with Crippen molar-refractivity contribution >= 4 is 23.2 Å². The molecule has 7 nitrogen and oxygen atoms in total. The second kappa shape index (κ2) is 8.23. The number of carbonyl (C=O) groups is 1. The molecule has 0 amide bonds. The van der Waals surface area contributed by atoms with Gasteiger partial charge in [0.2, 0.25) is 0 Å². The number of H-pyrrole nitrogens is 1. The van der Waals surface area contributed by atoms with E-state index in [1.54, 1.807) is 35.5 Å². The minimum absolute atomic E-state index is 0.0244. The van der Waals surface area contributed by atoms with Crippen molar-refractivity contribution in [2.45, 2.75) is 25.7 Å². The molecule has 164 valence electrons. The van der Waals surface area contributed by atoms with E-state index in [1.165, 1.54) is 0 Å². The second-order valence-corrected chi connectivity index (χ2v) is 8.85. The average Bonchev–Trinajstić information content (AvgIpc) is 3.29. The van der Waals surface area contributed by atoms with Crippen molar-refractivity contribution in [2.75, 3.05) is 4.90 Å². The molecule has 0 fully saturated rings. The summed E-state index contributed by atoms with van der Waals surface area (Å²) in [5.74, 6) is 0.450. The third kappa shape index (κ3) is 3.59. The van der Waals surface area contributed by atoms with Gasteiger partial charge in [0, 0.05) is 41.2 Å². The molecule has 2 atom stereocenters. The summed E-state index contributed by atoms with van der Waals surface area (Å²) >= 11 is 6.02. The fourth-order valence-electron chi connectivity index (χ4n) is 4.66. The SMILES string of the molecule is CC1CC(=O)C2=C(C1)N(c1cc(-c3ccc(Cl)cc3)[nH]n1)C(N)=C(C#N)C2c1cccnc1. The van der Waals surface area contributed by atoms with Crippen LogP contribution in [-0.4, -0.2) is 21.0 Å². The number of anilines is 1. The first-order valence-electron chi connectivity index (χ1n) is 10.6. The van der Waals surface area contributed by atoms with Crippen LogP contribution in [-0.2, 0) is 4.79 Å². The standard InChI is InChI=1S/C25H21ClN6O/c1-14-9-20-24(21(33)10-14)23(16-3-2-8-29-13-16)18(12-27)25(28)32(20)22-11-19(30-31-22)15-4-6-17(26)7-5-15/h2-8,11,13-14,23H,9-10,28H2,1H3,(H,30,31). The molecule has 2 aromatic heterocycles. The Labute approximate surface area is 196 Å². The normalized spacial score (nSPS) is 20.6. The van der Waals surface area contributed by atoms with E-state index in [2.05, 4.69) is 21.3 Å². The van der Waals surface area contributed by atoms with Gasteiger partial charge in [0.25, 0.3) is 0 Å². The molecule has 33 heavy (non-hydrogen) atoms. The summed E-state index contributed by atoms with van der Waals surface area (Å²) in [5.41, 5.74) is 10.8. The van der Waals surface area contributed by atoms with E-state index in [0.717, 1.165) is 22.5 Å². The summed E-state index contributed by atoms with van der Waals surface area (Å²) in [4.78, 5) is 19.3. The quantitative estimate of drug-likeness (QED) is 0.592. The lowest BCUT2D eigenvalue weighted by molar-refractivity contribution is -0.117. The smallest absolute Gasteiger partial charge is 0.161 e. The number of nitrogens with zero attached hydrogens (tertiary/aromatic N) is 4. The fraction of sp³-hybridized carbons (Fsp3) is 0.200. The Bertz CT molecular complexity index is 1330. The van der Waals surface area contributed by atoms with Crippen molar-refractivity contribution in [2.24, 2.45) is 11.7 Å². The molecule has 5 rings (SSSR count). The van der Waals surface area contributed by atoms with Crippen LogP contribution >= 0.6 is 11.6 Å². The van der Waals surface area contributed by atoms with Crippen molar-refractivity contribution in [3.05, 3.63) is 88.1 Å². The van der Waals surface area contributed by atoms with Crippen LogP contribution in [0.5, 0.6) is 0 Å². The maximum Gasteiger partial charge on any atom is 0.161 e. The Morgan fingerprint density at radius 2 is 2.03 bits per heavy atom. The summed E-state index contributed by atoms with van der Waals surface area (Å²) in [7, 11) is 0. The highest BCUT2D eigenvalue weighted by atomic mass is 35.5. The van der Waals surface area contributed by atoms with Gasteiger partial charge in [-0.2, -0.15) is 10.4 Å². The van der Waals surface area contributed by atoms with Crippen LogP contribution in [0.2, 0.25) is 5.02 Å². The molecule has 2 unspecified atom stereocenters. The number of pyridine rings is 1. The molecule has 0 bridgehead atoms. The summed E-state index contributed by atoms with van der Waals surface area (Å²) in [6.07, 6.45) is 4.44. The summed E-state index contributed by atoms with van der Waals surface area (Å²) in [5, 5.41) is 18.3. The number of halogens is 1. The Kier molecular flexibility index (Phi) is 5.23. The van der Waals surface area contributed by atoms with Crippen LogP contribution in [0.1, 0.15) is 31.2 Å². The van der Waals surface area contributed by atoms with E-state index in [0.29, 0.717) is 34.8 Å². The molecular formula is C25H21ClN6O. The van der Waals surface area contributed by atoms with Gasteiger partial charge in [-0.1, -0.05) is 36.7 Å². The number of carbonyl (C=O) groups excluding carboxylic acids is 1. The molecule has 0 radical (unpaired) electrons. The monoisotopic (exact) mass is 456 g/mol. The van der Waals surface area contributed by atoms with Gasteiger partial charge >= 0.3 is 0 Å². The first-order valence-corrected chi connectivity index (χ1v) is 11.0. The number of Topliss-reactive ketones (excluding diaryl/α,β-unsaturated/α-hetero) is 1. The van der Waals surface area contributed by atoms with Gasteiger partial charge in [-0.05, 0) is 41.7 Å². The molecule has 8 heteroatoms. The topological polar surface area (TPSA) is 112 Å². The molecule has 0 spiro atoms. The zero-order valence-corrected chi connectivity index (χ0v) is 18.7. The maximum atomic E-state index is 13.3. The zero-order chi connectivity index (χ0) is 23.1. The zero-order valence-electron chi connectivity index (χ0n) is 17.9. The molecule has 1 aliphatic carbocycles. The minimum atomic E-state index is -0.537. The lowest BCUT2D eigenvalue weighted by atomic mass is 9.74. The molecule has 2 aliphatic rings. The molecule has 3 aromatic rings. The van der Waals surface area contributed by atoms with E-state index < -0.39 is 5.92 Å². The van der Waals surface area contributed by atoms with Gasteiger partial charge in [0.05, 0.1) is 23.3 Å². The Morgan fingerprint density at radius 1 is 1.24 bits per heavy atom. The van der Waals surface area contributed by atoms with Crippen LogP contribution in [0, 0.1) is 17.2 Å². The highest BCUT2D eigenvalue weighted by Crippen LogP contribution is 2.47. The van der Waals surface area contributed by atoms with Gasteiger partial charge in [-0.25, -0.2) is 0 Å². The molecular weight excluding hydrogens is 436 g/mol. The predicted octanol–water partition coefficient (Wildman–Crippen LogP) is 4.68. The van der Waals surface area contributed by atoms with Crippen molar-refractivity contribution < 1.29 is 4.79 Å². The van der Waals surface area contributed by atoms with Gasteiger partial charge in [0.15, 0.2) is 11.6 Å². The number of hydrogen-bond donors (Lipinski definition) is 2. The first-order chi connectivity index (χ1) is 16.0. The highest BCUT2D eigenvalue weighted by molar-refractivity contribution is 6.30. The first kappa shape index (κ1) is 21.0. The second-order valence-electron chi connectivity index (χ2n) is 8.41. The number of rotatable bonds is 3. The molecule has 3 heterocycles. The number of nitrogens with two attached hydrogens (primary N) is 1. The maximum absolute atomic E-state index is 13.3. The van der Waals surface area contributed by atoms with E-state index in [9.17, 15) is 10.1 Å². The summed E-state index contributed by atoms with van der Waals surface area (Å²) < 4.78 is 0. The number of benzene rings is 1. The molecule has 0 saturated heterocycles. The van der Waals surface area contributed by atoms with Crippen LogP contribution in [0.25, 0.3) is 11.3 Å². The van der Waals surface area contributed by atoms with Crippen molar-refractivity contribution in [3.8, 4) is 17.3 Å². The number of nitrogens with one attached hydrogen (secondary N) is 1. The van der Waals surface area contributed by atoms with Gasteiger partial charge in [-0.3, -0.25) is 19.8 Å². The lowest BCUT2D eigenvalue weighted by Gasteiger charge is -2.39. The number of nitriles is 1. The lowest BCUT2D eigenvalue weighted by Crippen LogP contribution is -2.40. The van der Waals surface area contributed by atoms with E-state index >= 15 is 0 Å². The van der Waals surface area contributed by atoms with Crippen molar-refractivity contribution in [3.63, 3.8) is 0 Å². The third-order valence-electron chi connectivity index (χ3n) is 6.14. The van der Waals surface area contributed by atoms with Crippen molar-refractivity contribution in [1.82, 2.24) is 15.2 Å². The van der Waals surface area contributed by atoms with Gasteiger partial charge in [-0.15, -0.1) is 0 Å². The number of ketones is 1. The van der Waals surface area contributed by atoms with Crippen LogP contribution in [0.15, 0.2) is 77.5 Å². The van der Waals surface area contributed by atoms with Gasteiger partial charge < -0.3 is 5.73 Å². The summed E-state index contributed by atoms with van der Waals surface area (Å²) in [6.45, 7) is 2.04. The van der Waals surface area contributed by atoms with E-state index in [4.69, 9.17) is 17.3 Å². The van der Waals surface area contributed by atoms with E-state index in [1.807, 2.05) is 31.2 Å². The molecule has 3 N–H and O–H groups in total. The number of aromatic nitrogens is 3. The highest BCUT2D eigenvalue weighted by Gasteiger charge is 2.42. The Balaban J connectivity index is 1.67. The third-order valence-corrected chi connectivity index (χ3v) is 6.39. The summed E-state index contributed by atoms with van der Waals surface area (Å²) in [6, 6.07) is 15.2. The fourth-order valence-corrected chi connectivity index (χ4v) is 4.79. The van der Waals surface area contributed by atoms with Crippen LogP contribution in [0.4, 0.5) is 5.82 Å². The number of allylic oxidation sites excluding steroid dienone is 3. The number of aromatic amines is 1. The van der Waals surface area contributed by atoms with Gasteiger partial charge in [0.1, 0.15) is 5.82 Å². The molecule has 1 aliphatic heterocycles. The minimum Gasteiger partial charge on any atom is -0.384 e. The van der Waals surface area contributed by atoms with Crippen molar-refractivity contribution in [1.29, 1.82) is 5.26 Å².